The van der Waals surface area contributed by atoms with Crippen LogP contribution >= 0.6 is 0 Å². The summed E-state index contributed by atoms with van der Waals surface area (Å²) in [5.74, 6) is -0.178. The van der Waals surface area contributed by atoms with E-state index in [1.165, 1.54) is 16.8 Å². The fraction of sp³-hybridized carbons (Fsp3) is 0.346. The molecular formula is C26H27FN4O3. The third kappa shape index (κ3) is 4.66. The molecule has 2 aliphatic carbocycles. The average Bonchev–Trinajstić information content (AvgIpc) is 3.36. The van der Waals surface area contributed by atoms with Crippen LogP contribution in [0.4, 0.5) is 14.9 Å². The first-order chi connectivity index (χ1) is 16.5. The summed E-state index contributed by atoms with van der Waals surface area (Å²) in [6, 6.07) is 12.6. The Morgan fingerprint density at radius 3 is 2.53 bits per heavy atom. The highest BCUT2D eigenvalue weighted by molar-refractivity contribution is 5.94. The van der Waals surface area contributed by atoms with Crippen molar-refractivity contribution in [2.24, 2.45) is 5.92 Å². The number of amides is 2. The Labute approximate surface area is 197 Å². The zero-order valence-corrected chi connectivity index (χ0v) is 18.8. The Morgan fingerprint density at radius 2 is 1.82 bits per heavy atom. The first-order valence-electron chi connectivity index (χ1n) is 11.8. The van der Waals surface area contributed by atoms with E-state index in [9.17, 15) is 19.1 Å². The van der Waals surface area contributed by atoms with Gasteiger partial charge in [0.05, 0.1) is 11.4 Å². The summed E-state index contributed by atoms with van der Waals surface area (Å²) in [6.45, 7) is 0.0471. The van der Waals surface area contributed by atoms with Gasteiger partial charge in [-0.3, -0.25) is 4.79 Å². The van der Waals surface area contributed by atoms with Crippen LogP contribution in [0.25, 0.3) is 11.3 Å². The molecule has 0 bridgehead atoms. The minimum absolute atomic E-state index is 0.0250. The number of anilines is 1. The number of nitrogens with zero attached hydrogens (tertiary/aromatic N) is 2. The van der Waals surface area contributed by atoms with E-state index in [1.807, 2.05) is 6.07 Å². The van der Waals surface area contributed by atoms with Gasteiger partial charge in [-0.1, -0.05) is 31.0 Å². The molecule has 176 valence electrons. The zero-order chi connectivity index (χ0) is 23.7. The predicted molar refractivity (Wildman–Crippen MR) is 126 cm³/mol. The number of benzene rings is 2. The molecule has 1 heterocycles. The van der Waals surface area contributed by atoms with Crippen LogP contribution in [0, 0.1) is 11.7 Å². The Morgan fingerprint density at radius 1 is 1.06 bits per heavy atom. The maximum absolute atomic E-state index is 14.0. The van der Waals surface area contributed by atoms with Gasteiger partial charge in [-0.15, -0.1) is 0 Å². The molecule has 0 radical (unpaired) electrons. The van der Waals surface area contributed by atoms with Crippen molar-refractivity contribution in [3.63, 3.8) is 0 Å². The number of aromatic hydroxyl groups is 1. The van der Waals surface area contributed by atoms with Crippen LogP contribution in [0.1, 0.15) is 55.7 Å². The molecule has 34 heavy (non-hydrogen) atoms. The van der Waals surface area contributed by atoms with Gasteiger partial charge in [-0.2, -0.15) is 9.78 Å². The molecule has 0 atom stereocenters. The molecular weight excluding hydrogens is 435 g/mol. The Bertz CT molecular complexity index is 1230. The summed E-state index contributed by atoms with van der Waals surface area (Å²) < 4.78 is 15.3. The molecule has 0 saturated heterocycles. The second kappa shape index (κ2) is 9.29. The van der Waals surface area contributed by atoms with Crippen LogP contribution in [0.3, 0.4) is 0 Å². The summed E-state index contributed by atoms with van der Waals surface area (Å²) in [6.07, 6.45) is 5.89. The highest BCUT2D eigenvalue weighted by atomic mass is 19.1. The van der Waals surface area contributed by atoms with Crippen LogP contribution in [0.2, 0.25) is 0 Å². The molecule has 8 heteroatoms. The number of nitrogens with one attached hydrogen (secondary N) is 2. The lowest BCUT2D eigenvalue weighted by atomic mass is 10.0. The van der Waals surface area contributed by atoms with Crippen molar-refractivity contribution in [1.29, 1.82) is 0 Å². The summed E-state index contributed by atoms with van der Waals surface area (Å²) in [5, 5.41) is 20.7. The molecule has 0 unspecified atom stereocenters. The Balaban J connectivity index is 1.40. The molecule has 2 amide bonds. The fourth-order valence-corrected chi connectivity index (χ4v) is 4.51. The number of phenols is 1. The quantitative estimate of drug-likeness (QED) is 0.472. The van der Waals surface area contributed by atoms with Crippen molar-refractivity contribution in [3.05, 3.63) is 65.6 Å². The van der Waals surface area contributed by atoms with Crippen molar-refractivity contribution in [2.45, 2.75) is 51.0 Å². The second-order valence-electron chi connectivity index (χ2n) is 9.09. The first kappa shape index (κ1) is 22.1. The standard InChI is InChI=1S/C26H27FN4O3/c27-21-8-4-3-7-18(21)15-28-26(34)31-23(16-5-1-2-6-16)14-22(30-31)20-12-11-19(13-24(20)32)29-25(33)17-9-10-17/h3-4,7-8,11-14,16-17,32H,1-2,5-6,9-10,15H2,(H,28,34)(H,29,33). The second-order valence-corrected chi connectivity index (χ2v) is 9.09. The number of phenolic OH excluding ortho intramolecular Hbond substituents is 1. The number of hydrogen-bond donors (Lipinski definition) is 3. The van der Waals surface area contributed by atoms with Crippen molar-refractivity contribution < 1.29 is 19.1 Å². The summed E-state index contributed by atoms with van der Waals surface area (Å²) >= 11 is 0. The molecule has 2 aliphatic rings. The lowest BCUT2D eigenvalue weighted by Gasteiger charge is -2.12. The van der Waals surface area contributed by atoms with Gasteiger partial charge in [-0.25, -0.2) is 9.18 Å². The molecule has 7 nitrogen and oxygen atoms in total. The van der Waals surface area contributed by atoms with Crippen LogP contribution in [-0.4, -0.2) is 26.8 Å². The van der Waals surface area contributed by atoms with E-state index >= 15 is 0 Å². The van der Waals surface area contributed by atoms with E-state index < -0.39 is 6.03 Å². The van der Waals surface area contributed by atoms with E-state index in [4.69, 9.17) is 0 Å². The third-order valence-electron chi connectivity index (χ3n) is 6.58. The number of halogens is 1. The van der Waals surface area contributed by atoms with E-state index in [0.717, 1.165) is 44.2 Å². The van der Waals surface area contributed by atoms with Gasteiger partial charge in [-0.05, 0) is 49.9 Å². The third-order valence-corrected chi connectivity index (χ3v) is 6.58. The van der Waals surface area contributed by atoms with Gasteiger partial charge < -0.3 is 15.7 Å². The minimum Gasteiger partial charge on any atom is -0.507 e. The maximum atomic E-state index is 14.0. The molecule has 5 rings (SSSR count). The number of carbonyl (C=O) groups excluding carboxylic acids is 2. The fourth-order valence-electron chi connectivity index (χ4n) is 4.51. The van der Waals surface area contributed by atoms with Crippen LogP contribution < -0.4 is 10.6 Å². The molecule has 2 aromatic carbocycles. The van der Waals surface area contributed by atoms with Gasteiger partial charge in [0.2, 0.25) is 5.91 Å². The van der Waals surface area contributed by atoms with Gasteiger partial charge in [0.25, 0.3) is 0 Å². The Kier molecular flexibility index (Phi) is 6.04. The lowest BCUT2D eigenvalue weighted by molar-refractivity contribution is -0.117. The topological polar surface area (TPSA) is 96.3 Å². The molecule has 0 spiro atoms. The predicted octanol–water partition coefficient (Wildman–Crippen LogP) is 5.16. The normalized spacial score (nSPS) is 15.9. The zero-order valence-electron chi connectivity index (χ0n) is 18.8. The molecule has 2 saturated carbocycles. The smallest absolute Gasteiger partial charge is 0.342 e. The SMILES string of the molecule is O=C(Nc1ccc(-c2cc(C3CCCC3)n(C(=O)NCc3ccccc3F)n2)c(O)c1)C1CC1. The largest absolute Gasteiger partial charge is 0.507 e. The monoisotopic (exact) mass is 462 g/mol. The minimum atomic E-state index is -0.441. The first-order valence-corrected chi connectivity index (χ1v) is 11.8. The molecule has 3 aromatic rings. The van der Waals surface area contributed by atoms with Gasteiger partial charge >= 0.3 is 6.03 Å². The van der Waals surface area contributed by atoms with Crippen LogP contribution in [0.15, 0.2) is 48.5 Å². The molecule has 0 aliphatic heterocycles. The number of rotatable bonds is 6. The molecule has 2 fully saturated rings. The van der Waals surface area contributed by atoms with Crippen molar-refractivity contribution in [3.8, 4) is 17.0 Å². The van der Waals surface area contributed by atoms with Gasteiger partial charge in [0.15, 0.2) is 0 Å². The highest BCUT2D eigenvalue weighted by Gasteiger charge is 2.30. The maximum Gasteiger partial charge on any atom is 0.342 e. The summed E-state index contributed by atoms with van der Waals surface area (Å²) in [5.41, 5.74) is 2.65. The van der Waals surface area contributed by atoms with Gasteiger partial charge in [0.1, 0.15) is 11.6 Å². The van der Waals surface area contributed by atoms with E-state index in [2.05, 4.69) is 15.7 Å². The number of aromatic nitrogens is 2. The van der Waals surface area contributed by atoms with E-state index in [1.54, 1.807) is 30.3 Å². The average molecular weight is 463 g/mol. The van der Waals surface area contributed by atoms with Crippen molar-refractivity contribution in [1.82, 2.24) is 15.1 Å². The molecule has 3 N–H and O–H groups in total. The highest BCUT2D eigenvalue weighted by Crippen LogP contribution is 2.38. The summed E-state index contributed by atoms with van der Waals surface area (Å²) in [7, 11) is 0. The van der Waals surface area contributed by atoms with E-state index in [0.29, 0.717) is 22.5 Å². The number of hydrogen-bond acceptors (Lipinski definition) is 4. The Hall–Kier alpha value is -3.68. The number of carbonyl (C=O) groups is 2. The van der Waals surface area contributed by atoms with Crippen LogP contribution in [-0.2, 0) is 11.3 Å². The molecule has 1 aromatic heterocycles. The summed E-state index contributed by atoms with van der Waals surface area (Å²) in [4.78, 5) is 25.1. The van der Waals surface area contributed by atoms with E-state index in [-0.39, 0.29) is 35.9 Å². The van der Waals surface area contributed by atoms with Gasteiger partial charge in [0, 0.05) is 41.3 Å². The van der Waals surface area contributed by atoms with Crippen LogP contribution in [0.5, 0.6) is 5.75 Å². The van der Waals surface area contributed by atoms with Crippen molar-refractivity contribution >= 4 is 17.6 Å². The lowest BCUT2D eigenvalue weighted by Crippen LogP contribution is -2.31. The van der Waals surface area contributed by atoms with Crippen molar-refractivity contribution in [2.75, 3.05) is 5.32 Å².